The molecule has 0 aliphatic carbocycles. The van der Waals surface area contributed by atoms with Crippen molar-refractivity contribution in [3.05, 3.63) is 59.9 Å². The van der Waals surface area contributed by atoms with Crippen LogP contribution in [0.1, 0.15) is 19.4 Å². The molecule has 0 saturated carbocycles. The first kappa shape index (κ1) is 18.6. The van der Waals surface area contributed by atoms with Gasteiger partial charge in [0.25, 0.3) is 0 Å². The highest BCUT2D eigenvalue weighted by atomic mass is 19.1. The fourth-order valence-electron chi connectivity index (χ4n) is 2.34. The molecule has 2 aromatic carbocycles. The van der Waals surface area contributed by atoms with E-state index in [1.165, 1.54) is 25.1 Å². The lowest BCUT2D eigenvalue weighted by molar-refractivity contribution is -0.120. The lowest BCUT2D eigenvalue weighted by Gasteiger charge is -2.24. The van der Waals surface area contributed by atoms with Crippen LogP contribution < -0.4 is 10.6 Å². The zero-order chi connectivity index (χ0) is 18.4. The van der Waals surface area contributed by atoms with E-state index >= 15 is 0 Å². The van der Waals surface area contributed by atoms with E-state index in [9.17, 15) is 14.0 Å². The van der Waals surface area contributed by atoms with Crippen molar-refractivity contribution in [2.45, 2.75) is 26.4 Å². The number of likely N-dealkylation sites (N-methyl/N-ethyl adjacent to an activating group) is 1. The first-order valence-electron chi connectivity index (χ1n) is 7.99. The van der Waals surface area contributed by atoms with E-state index < -0.39 is 5.82 Å². The first-order valence-corrected chi connectivity index (χ1v) is 7.99. The maximum absolute atomic E-state index is 13.7. The average Bonchev–Trinajstić information content (AvgIpc) is 2.57. The van der Waals surface area contributed by atoms with Crippen LogP contribution in [0.5, 0.6) is 0 Å². The van der Waals surface area contributed by atoms with Crippen LogP contribution in [0, 0.1) is 5.82 Å². The highest BCUT2D eigenvalue weighted by Gasteiger charge is 2.18. The number of amides is 2. The molecule has 6 heteroatoms. The minimum atomic E-state index is -0.553. The molecule has 0 aliphatic heterocycles. The van der Waals surface area contributed by atoms with E-state index in [-0.39, 0.29) is 23.5 Å². The molecule has 0 spiro atoms. The fourth-order valence-corrected chi connectivity index (χ4v) is 2.34. The van der Waals surface area contributed by atoms with Gasteiger partial charge >= 0.3 is 0 Å². The van der Waals surface area contributed by atoms with E-state index in [2.05, 4.69) is 10.6 Å². The van der Waals surface area contributed by atoms with Crippen LogP contribution in [0.3, 0.4) is 0 Å². The Bertz CT molecular complexity index is 750. The van der Waals surface area contributed by atoms with Gasteiger partial charge in [-0.3, -0.25) is 14.5 Å². The van der Waals surface area contributed by atoms with Crippen molar-refractivity contribution in [2.24, 2.45) is 0 Å². The number of anilines is 2. The smallest absolute Gasteiger partial charge is 0.241 e. The molecule has 0 fully saturated rings. The van der Waals surface area contributed by atoms with Gasteiger partial charge in [-0.25, -0.2) is 4.39 Å². The third-order valence-corrected chi connectivity index (χ3v) is 3.86. The number of rotatable bonds is 6. The van der Waals surface area contributed by atoms with Crippen molar-refractivity contribution < 1.29 is 14.0 Å². The molecular formula is C19H22FN3O2. The monoisotopic (exact) mass is 343 g/mol. The van der Waals surface area contributed by atoms with Crippen LogP contribution in [0.25, 0.3) is 0 Å². The van der Waals surface area contributed by atoms with Crippen LogP contribution in [-0.4, -0.2) is 29.8 Å². The molecule has 0 unspecified atom stereocenters. The van der Waals surface area contributed by atoms with E-state index in [1.807, 2.05) is 42.3 Å². The molecule has 0 radical (unpaired) electrons. The second kappa shape index (κ2) is 8.39. The number of carbonyl (C=O) groups is 2. The molecule has 5 nitrogen and oxygen atoms in total. The van der Waals surface area contributed by atoms with E-state index in [1.54, 1.807) is 6.92 Å². The van der Waals surface area contributed by atoms with Gasteiger partial charge in [-0.1, -0.05) is 30.3 Å². The van der Waals surface area contributed by atoms with Gasteiger partial charge in [0.15, 0.2) is 0 Å². The van der Waals surface area contributed by atoms with Crippen LogP contribution in [0.15, 0.2) is 48.5 Å². The lowest BCUT2D eigenvalue weighted by atomic mass is 10.2. The van der Waals surface area contributed by atoms with Gasteiger partial charge in [-0.05, 0) is 37.7 Å². The van der Waals surface area contributed by atoms with Crippen molar-refractivity contribution in [2.75, 3.05) is 17.7 Å². The summed E-state index contributed by atoms with van der Waals surface area (Å²) in [6.07, 6.45) is 0. The first-order chi connectivity index (χ1) is 11.9. The standard InChI is InChI=1S/C19H22FN3O2/c1-13(23(3)12-15-7-5-4-6-8-15)19(25)22-16-9-10-17(20)18(11-16)21-14(2)24/h4-11,13H,12H2,1-3H3,(H,21,24)(H,22,25)/t13-/m1/s1. The molecule has 0 aromatic heterocycles. The minimum Gasteiger partial charge on any atom is -0.325 e. The number of nitrogens with zero attached hydrogens (tertiary/aromatic N) is 1. The van der Waals surface area contributed by atoms with Crippen LogP contribution >= 0.6 is 0 Å². The number of benzene rings is 2. The number of nitrogens with one attached hydrogen (secondary N) is 2. The summed E-state index contributed by atoms with van der Waals surface area (Å²) in [5.41, 5.74) is 1.57. The van der Waals surface area contributed by atoms with Crippen molar-refractivity contribution in [3.8, 4) is 0 Å². The van der Waals surface area contributed by atoms with Crippen molar-refractivity contribution in [1.82, 2.24) is 4.90 Å². The molecule has 0 aliphatic rings. The molecule has 1 atom stereocenters. The maximum atomic E-state index is 13.7. The van der Waals surface area contributed by atoms with Gasteiger partial charge in [0.1, 0.15) is 5.82 Å². The van der Waals surface area contributed by atoms with E-state index in [0.717, 1.165) is 5.56 Å². The van der Waals surface area contributed by atoms with Gasteiger partial charge in [-0.15, -0.1) is 0 Å². The van der Waals surface area contributed by atoms with E-state index in [0.29, 0.717) is 12.2 Å². The third-order valence-electron chi connectivity index (χ3n) is 3.86. The molecule has 2 N–H and O–H groups in total. The predicted octanol–water partition coefficient (Wildman–Crippen LogP) is 3.24. The summed E-state index contributed by atoms with van der Waals surface area (Å²) in [6, 6.07) is 13.5. The summed E-state index contributed by atoms with van der Waals surface area (Å²) in [7, 11) is 1.87. The molecular weight excluding hydrogens is 321 g/mol. The topological polar surface area (TPSA) is 61.4 Å². The van der Waals surface area contributed by atoms with Gasteiger partial charge in [0.2, 0.25) is 11.8 Å². The summed E-state index contributed by atoms with van der Waals surface area (Å²) in [5, 5.41) is 5.15. The molecule has 0 heterocycles. The summed E-state index contributed by atoms with van der Waals surface area (Å²) < 4.78 is 13.7. The highest BCUT2D eigenvalue weighted by molar-refractivity contribution is 5.96. The van der Waals surface area contributed by atoms with E-state index in [4.69, 9.17) is 0 Å². The quantitative estimate of drug-likeness (QED) is 0.846. The van der Waals surface area contributed by atoms with Gasteiger partial charge < -0.3 is 10.6 Å². The zero-order valence-corrected chi connectivity index (χ0v) is 14.5. The van der Waals surface area contributed by atoms with Crippen LogP contribution in [0.2, 0.25) is 0 Å². The molecule has 132 valence electrons. The Morgan fingerprint density at radius 1 is 1.12 bits per heavy atom. The second-order valence-corrected chi connectivity index (χ2v) is 5.94. The van der Waals surface area contributed by atoms with Crippen LogP contribution in [-0.2, 0) is 16.1 Å². The normalized spacial score (nSPS) is 11.9. The number of halogens is 1. The van der Waals surface area contributed by atoms with Crippen LogP contribution in [0.4, 0.5) is 15.8 Å². The molecule has 25 heavy (non-hydrogen) atoms. The molecule has 2 aromatic rings. The Hall–Kier alpha value is -2.73. The molecule has 2 amide bonds. The fraction of sp³-hybridized carbons (Fsp3) is 0.263. The van der Waals surface area contributed by atoms with Gasteiger partial charge in [0, 0.05) is 19.2 Å². The SMILES string of the molecule is CC(=O)Nc1cc(NC(=O)[C@@H](C)N(C)Cc2ccccc2)ccc1F. The Morgan fingerprint density at radius 2 is 1.80 bits per heavy atom. The number of hydrogen-bond donors (Lipinski definition) is 2. The number of carbonyl (C=O) groups excluding carboxylic acids is 2. The predicted molar refractivity (Wildman–Crippen MR) is 96.7 cm³/mol. The van der Waals surface area contributed by atoms with Crippen molar-refractivity contribution >= 4 is 23.2 Å². The Kier molecular flexibility index (Phi) is 6.25. The average molecular weight is 343 g/mol. The molecule has 0 saturated heterocycles. The van der Waals surface area contributed by atoms with Crippen molar-refractivity contribution in [1.29, 1.82) is 0 Å². The third kappa shape index (κ3) is 5.39. The molecule has 2 rings (SSSR count). The minimum absolute atomic E-state index is 0.0376. The van der Waals surface area contributed by atoms with Gasteiger partial charge in [-0.2, -0.15) is 0 Å². The second-order valence-electron chi connectivity index (χ2n) is 5.94. The zero-order valence-electron chi connectivity index (χ0n) is 14.5. The highest BCUT2D eigenvalue weighted by Crippen LogP contribution is 2.20. The summed E-state index contributed by atoms with van der Waals surface area (Å²) in [4.78, 5) is 25.4. The molecule has 0 bridgehead atoms. The lowest BCUT2D eigenvalue weighted by Crippen LogP contribution is -2.39. The summed E-state index contributed by atoms with van der Waals surface area (Å²) in [5.74, 6) is -1.14. The summed E-state index contributed by atoms with van der Waals surface area (Å²) >= 11 is 0. The Morgan fingerprint density at radius 3 is 2.44 bits per heavy atom. The largest absolute Gasteiger partial charge is 0.325 e. The van der Waals surface area contributed by atoms with Gasteiger partial charge in [0.05, 0.1) is 11.7 Å². The Balaban J connectivity index is 2.02. The van der Waals surface area contributed by atoms with Crippen molar-refractivity contribution in [3.63, 3.8) is 0 Å². The summed E-state index contributed by atoms with van der Waals surface area (Å²) in [6.45, 7) is 3.73. The Labute approximate surface area is 146 Å². The number of hydrogen-bond acceptors (Lipinski definition) is 3. The maximum Gasteiger partial charge on any atom is 0.241 e.